The normalized spacial score (nSPS) is 16.6. The predicted octanol–water partition coefficient (Wildman–Crippen LogP) is 6.09. The second-order valence-electron chi connectivity index (χ2n) is 8.35. The molecule has 1 atom stereocenters. The monoisotopic (exact) mass is 481 g/mol. The first-order valence-corrected chi connectivity index (χ1v) is 12.6. The molecule has 0 unspecified atom stereocenters. The maximum atomic E-state index is 13.6. The molecule has 35 heavy (non-hydrogen) atoms. The Labute approximate surface area is 210 Å². The number of hydrogen-bond acceptors (Lipinski definition) is 4. The lowest BCUT2D eigenvalue weighted by molar-refractivity contribution is -0.117. The molecule has 176 valence electrons. The number of benzene rings is 3. The van der Waals surface area contributed by atoms with Gasteiger partial charge in [-0.3, -0.25) is 14.5 Å². The molecule has 0 aliphatic carbocycles. The number of nitrogens with zero attached hydrogens (tertiary/aromatic N) is 2. The third-order valence-electron chi connectivity index (χ3n) is 5.81. The van der Waals surface area contributed by atoms with Crippen LogP contribution in [0.2, 0.25) is 0 Å². The molecule has 0 spiro atoms. The van der Waals surface area contributed by atoms with Crippen molar-refractivity contribution < 1.29 is 9.59 Å². The molecule has 0 aromatic heterocycles. The summed E-state index contributed by atoms with van der Waals surface area (Å²) in [6.45, 7) is 2.18. The van der Waals surface area contributed by atoms with Gasteiger partial charge in [0.2, 0.25) is 5.91 Å². The fraction of sp³-hybridized carbons (Fsp3) is 0.207. The number of nitriles is 1. The molecule has 1 saturated heterocycles. The number of hydrogen-bond donors (Lipinski definition) is 1. The highest BCUT2D eigenvalue weighted by molar-refractivity contribution is 8.05. The molecule has 1 heterocycles. The molecule has 1 aliphatic rings. The van der Waals surface area contributed by atoms with E-state index in [0.717, 1.165) is 24.8 Å². The van der Waals surface area contributed by atoms with Crippen LogP contribution in [-0.2, 0) is 22.4 Å². The number of carbonyl (C=O) groups excluding carboxylic acids is 2. The fourth-order valence-corrected chi connectivity index (χ4v) is 5.26. The van der Waals surface area contributed by atoms with Crippen LogP contribution in [0.1, 0.15) is 30.9 Å². The highest BCUT2D eigenvalue weighted by atomic mass is 32.2. The van der Waals surface area contributed by atoms with Crippen molar-refractivity contribution in [3.63, 3.8) is 0 Å². The second-order valence-corrected chi connectivity index (χ2v) is 9.54. The molecule has 0 bridgehead atoms. The van der Waals surface area contributed by atoms with Crippen molar-refractivity contribution >= 4 is 35.0 Å². The van der Waals surface area contributed by atoms with Crippen molar-refractivity contribution in [1.29, 1.82) is 5.26 Å². The van der Waals surface area contributed by atoms with Gasteiger partial charge in [-0.25, -0.2) is 0 Å². The van der Waals surface area contributed by atoms with Crippen molar-refractivity contribution in [3.05, 3.63) is 107 Å². The number of thioether (sulfide) groups is 1. The van der Waals surface area contributed by atoms with Crippen LogP contribution in [0.3, 0.4) is 0 Å². The number of para-hydroxylation sites is 2. The molecule has 3 aromatic rings. The molecule has 5 nitrogen and oxygen atoms in total. The first-order valence-electron chi connectivity index (χ1n) is 11.7. The highest BCUT2D eigenvalue weighted by Crippen LogP contribution is 2.42. The summed E-state index contributed by atoms with van der Waals surface area (Å²) in [5.41, 5.74) is 3.49. The zero-order valence-electron chi connectivity index (χ0n) is 19.6. The molecular weight excluding hydrogens is 454 g/mol. The average molecular weight is 482 g/mol. The van der Waals surface area contributed by atoms with E-state index in [2.05, 4.69) is 36.5 Å². The lowest BCUT2D eigenvalue weighted by Gasteiger charge is -2.18. The summed E-state index contributed by atoms with van der Waals surface area (Å²) in [6, 6.07) is 28.6. The van der Waals surface area contributed by atoms with Crippen LogP contribution in [0.4, 0.5) is 11.4 Å². The molecule has 1 fully saturated rings. The standard InChI is InChI=1S/C29H27N3O2S/c1-2-3-10-21-15-17-22(18-16-21)19-26-28(34)32(24-13-8-5-9-14-24)29(35-26)25(20-30)27(33)31-23-11-6-4-7-12-23/h4-9,11-18,26H,2-3,10,19H2,1H3,(H,31,33)/b29-25-/t26-/m0/s1. The third-order valence-corrected chi connectivity index (χ3v) is 7.08. The van der Waals surface area contributed by atoms with Crippen molar-refractivity contribution in [2.24, 2.45) is 0 Å². The maximum Gasteiger partial charge on any atom is 0.269 e. The number of carbonyl (C=O) groups is 2. The number of nitrogens with one attached hydrogen (secondary N) is 1. The van der Waals surface area contributed by atoms with Crippen LogP contribution in [0, 0.1) is 11.3 Å². The summed E-state index contributed by atoms with van der Waals surface area (Å²) in [6.07, 6.45) is 3.87. The Kier molecular flexibility index (Phi) is 8.02. The highest BCUT2D eigenvalue weighted by Gasteiger charge is 2.40. The van der Waals surface area contributed by atoms with E-state index in [1.807, 2.05) is 54.6 Å². The van der Waals surface area contributed by atoms with Crippen LogP contribution >= 0.6 is 11.8 Å². The first-order chi connectivity index (χ1) is 17.1. The lowest BCUT2D eigenvalue weighted by atomic mass is 10.0. The van der Waals surface area contributed by atoms with Crippen LogP contribution in [-0.4, -0.2) is 17.1 Å². The van der Waals surface area contributed by atoms with Gasteiger partial charge in [0.1, 0.15) is 16.7 Å². The van der Waals surface area contributed by atoms with E-state index in [9.17, 15) is 14.9 Å². The van der Waals surface area contributed by atoms with Gasteiger partial charge in [0.25, 0.3) is 5.91 Å². The smallest absolute Gasteiger partial charge is 0.269 e. The van der Waals surface area contributed by atoms with Gasteiger partial charge in [-0.15, -0.1) is 0 Å². The van der Waals surface area contributed by atoms with Crippen LogP contribution < -0.4 is 10.2 Å². The third kappa shape index (κ3) is 5.82. The van der Waals surface area contributed by atoms with E-state index >= 15 is 0 Å². The largest absolute Gasteiger partial charge is 0.321 e. The molecule has 0 saturated carbocycles. The number of amides is 2. The Balaban J connectivity index is 1.63. The Morgan fingerprint density at radius 3 is 2.23 bits per heavy atom. The zero-order chi connectivity index (χ0) is 24.6. The molecule has 1 aliphatic heterocycles. The van der Waals surface area contributed by atoms with Crippen molar-refractivity contribution in [2.45, 2.75) is 37.9 Å². The minimum absolute atomic E-state index is 0.0755. The van der Waals surface area contributed by atoms with E-state index < -0.39 is 11.2 Å². The van der Waals surface area contributed by atoms with E-state index in [1.165, 1.54) is 22.2 Å². The zero-order valence-corrected chi connectivity index (χ0v) is 20.4. The first kappa shape index (κ1) is 24.3. The summed E-state index contributed by atoms with van der Waals surface area (Å²) < 4.78 is 0. The topological polar surface area (TPSA) is 73.2 Å². The van der Waals surface area contributed by atoms with Crippen LogP contribution in [0.25, 0.3) is 0 Å². The lowest BCUT2D eigenvalue weighted by Crippen LogP contribution is -2.30. The number of unbranched alkanes of at least 4 members (excludes halogenated alkanes) is 1. The minimum atomic E-state index is -0.532. The summed E-state index contributed by atoms with van der Waals surface area (Å²) >= 11 is 1.28. The Hall–Kier alpha value is -3.82. The predicted molar refractivity (Wildman–Crippen MR) is 142 cm³/mol. The van der Waals surface area contributed by atoms with Gasteiger partial charge in [0, 0.05) is 11.4 Å². The molecule has 4 rings (SSSR count). The summed E-state index contributed by atoms with van der Waals surface area (Å²) in [5, 5.41) is 12.6. The van der Waals surface area contributed by atoms with E-state index in [-0.39, 0.29) is 11.5 Å². The van der Waals surface area contributed by atoms with Crippen molar-refractivity contribution in [1.82, 2.24) is 0 Å². The molecule has 3 aromatic carbocycles. The summed E-state index contributed by atoms with van der Waals surface area (Å²) in [4.78, 5) is 28.1. The SMILES string of the molecule is CCCCc1ccc(C[C@@H]2S/C(=C(/C#N)C(=O)Nc3ccccc3)N(c3ccccc3)C2=O)cc1. The van der Waals surface area contributed by atoms with Crippen LogP contribution in [0.15, 0.2) is 95.5 Å². The van der Waals surface area contributed by atoms with Gasteiger partial charge in [0.05, 0.1) is 5.25 Å². The number of rotatable bonds is 8. The van der Waals surface area contributed by atoms with Gasteiger partial charge in [-0.1, -0.05) is 85.8 Å². The number of aryl methyl sites for hydroxylation is 1. The Morgan fingerprint density at radius 2 is 1.60 bits per heavy atom. The average Bonchev–Trinajstić information content (AvgIpc) is 3.20. The quantitative estimate of drug-likeness (QED) is 0.312. The van der Waals surface area contributed by atoms with Crippen molar-refractivity contribution in [3.8, 4) is 6.07 Å². The van der Waals surface area contributed by atoms with Crippen LogP contribution in [0.5, 0.6) is 0 Å². The molecule has 6 heteroatoms. The summed E-state index contributed by atoms with van der Waals surface area (Å²) in [7, 11) is 0. The fourth-order valence-electron chi connectivity index (χ4n) is 3.95. The van der Waals surface area contributed by atoms with Gasteiger partial charge >= 0.3 is 0 Å². The summed E-state index contributed by atoms with van der Waals surface area (Å²) in [5.74, 6) is -0.664. The maximum absolute atomic E-state index is 13.6. The molecule has 2 amide bonds. The minimum Gasteiger partial charge on any atom is -0.321 e. The Morgan fingerprint density at radius 1 is 0.971 bits per heavy atom. The molecule has 1 N–H and O–H groups in total. The van der Waals surface area contributed by atoms with Gasteiger partial charge in [-0.05, 0) is 54.7 Å². The second kappa shape index (κ2) is 11.5. The molecular formula is C29H27N3O2S. The number of anilines is 2. The molecule has 0 radical (unpaired) electrons. The van der Waals surface area contributed by atoms with Gasteiger partial charge < -0.3 is 5.32 Å². The van der Waals surface area contributed by atoms with Gasteiger partial charge in [0.15, 0.2) is 0 Å². The van der Waals surface area contributed by atoms with E-state index in [0.29, 0.717) is 22.8 Å². The van der Waals surface area contributed by atoms with E-state index in [1.54, 1.807) is 12.1 Å². The van der Waals surface area contributed by atoms with E-state index in [4.69, 9.17) is 0 Å². The Bertz CT molecular complexity index is 1250. The van der Waals surface area contributed by atoms with Crippen molar-refractivity contribution in [2.75, 3.05) is 10.2 Å². The van der Waals surface area contributed by atoms with Gasteiger partial charge in [-0.2, -0.15) is 5.26 Å².